The summed E-state index contributed by atoms with van der Waals surface area (Å²) < 4.78 is 0. The average molecular weight is 213 g/mol. The number of benzene rings is 2. The van der Waals surface area contributed by atoms with Crippen molar-refractivity contribution in [1.82, 2.24) is 5.32 Å². The summed E-state index contributed by atoms with van der Waals surface area (Å²) in [5, 5.41) is 4.28. The van der Waals surface area contributed by atoms with Crippen molar-refractivity contribution in [3.8, 4) is 0 Å². The number of carbonyl (C=O) groups is 2. The molecule has 2 rings (SSSR count). The Kier molecular flexibility index (Phi) is 2.96. The summed E-state index contributed by atoms with van der Waals surface area (Å²) in [6.07, 6.45) is 0.632. The molecule has 2 aromatic rings. The maximum Gasteiger partial charge on any atom is 0.230 e. The molecule has 2 amide bonds. The Morgan fingerprint density at radius 3 is 2.69 bits per heavy atom. The summed E-state index contributed by atoms with van der Waals surface area (Å²) in [6, 6.07) is 13.7. The monoisotopic (exact) mass is 213 g/mol. The molecule has 0 aliphatic carbocycles. The molecule has 0 atom stereocenters. The second kappa shape index (κ2) is 4.57. The maximum atomic E-state index is 11.3. The van der Waals surface area contributed by atoms with Gasteiger partial charge in [0.15, 0.2) is 0 Å². The van der Waals surface area contributed by atoms with Gasteiger partial charge in [0.2, 0.25) is 12.3 Å². The van der Waals surface area contributed by atoms with Gasteiger partial charge in [-0.25, -0.2) is 0 Å². The van der Waals surface area contributed by atoms with Crippen LogP contribution in [0.5, 0.6) is 0 Å². The Morgan fingerprint density at radius 1 is 1.12 bits per heavy atom. The van der Waals surface area contributed by atoms with Crippen molar-refractivity contribution in [1.29, 1.82) is 0 Å². The smallest absolute Gasteiger partial charge is 0.230 e. The van der Waals surface area contributed by atoms with Gasteiger partial charge >= 0.3 is 0 Å². The maximum absolute atomic E-state index is 11.3. The van der Waals surface area contributed by atoms with E-state index in [4.69, 9.17) is 0 Å². The van der Waals surface area contributed by atoms with Crippen molar-refractivity contribution >= 4 is 23.1 Å². The van der Waals surface area contributed by atoms with Gasteiger partial charge in [-0.3, -0.25) is 14.9 Å². The molecule has 0 saturated heterocycles. The van der Waals surface area contributed by atoms with Crippen molar-refractivity contribution < 1.29 is 9.59 Å². The lowest BCUT2D eigenvalue weighted by Crippen LogP contribution is -2.23. The van der Waals surface area contributed by atoms with Crippen LogP contribution in [0.15, 0.2) is 42.5 Å². The van der Waals surface area contributed by atoms with Gasteiger partial charge < -0.3 is 0 Å². The molecule has 3 nitrogen and oxygen atoms in total. The highest BCUT2D eigenvalue weighted by Crippen LogP contribution is 2.18. The standard InChI is InChI=1S/C13H11NO2/c15-9-14-13(16)8-11-6-3-5-10-4-1-2-7-12(10)11/h1-7,9H,8H2,(H,14,15,16). The van der Waals surface area contributed by atoms with Gasteiger partial charge in [-0.15, -0.1) is 0 Å². The van der Waals surface area contributed by atoms with E-state index in [0.29, 0.717) is 6.41 Å². The number of rotatable bonds is 3. The summed E-state index contributed by atoms with van der Waals surface area (Å²) in [4.78, 5) is 21.5. The van der Waals surface area contributed by atoms with Crippen LogP contribution in [0, 0.1) is 0 Å². The molecule has 0 aliphatic heterocycles. The van der Waals surface area contributed by atoms with Crippen LogP contribution >= 0.6 is 0 Å². The molecule has 80 valence electrons. The molecule has 16 heavy (non-hydrogen) atoms. The molecule has 0 aliphatic rings. The van der Waals surface area contributed by atoms with Gasteiger partial charge in [0.25, 0.3) is 0 Å². The largest absolute Gasteiger partial charge is 0.299 e. The number of nitrogens with one attached hydrogen (secondary N) is 1. The first-order valence-corrected chi connectivity index (χ1v) is 5.01. The minimum atomic E-state index is -0.286. The van der Waals surface area contributed by atoms with Gasteiger partial charge in [-0.2, -0.15) is 0 Å². The third kappa shape index (κ3) is 2.08. The van der Waals surface area contributed by atoms with Crippen molar-refractivity contribution in [2.24, 2.45) is 0 Å². The topological polar surface area (TPSA) is 46.2 Å². The van der Waals surface area contributed by atoms with Gasteiger partial charge in [0.1, 0.15) is 0 Å². The summed E-state index contributed by atoms with van der Waals surface area (Å²) in [5.41, 5.74) is 0.928. The van der Waals surface area contributed by atoms with Crippen LogP contribution in [0.4, 0.5) is 0 Å². The molecule has 0 radical (unpaired) electrons. The third-order valence-corrected chi connectivity index (χ3v) is 2.45. The van der Waals surface area contributed by atoms with Crippen molar-refractivity contribution in [2.75, 3.05) is 0 Å². The molecule has 3 heteroatoms. The summed E-state index contributed by atoms with van der Waals surface area (Å²) in [5.74, 6) is -0.286. The van der Waals surface area contributed by atoms with E-state index in [0.717, 1.165) is 16.3 Å². The molecule has 0 spiro atoms. The van der Waals surface area contributed by atoms with Crippen LogP contribution in [-0.2, 0) is 16.0 Å². The minimum absolute atomic E-state index is 0.222. The summed E-state index contributed by atoms with van der Waals surface area (Å²) >= 11 is 0. The quantitative estimate of drug-likeness (QED) is 0.788. The number of fused-ring (bicyclic) bond motifs is 1. The summed E-state index contributed by atoms with van der Waals surface area (Å²) in [7, 11) is 0. The Hall–Kier alpha value is -2.16. The fraction of sp³-hybridized carbons (Fsp3) is 0.0769. The second-order valence-electron chi connectivity index (χ2n) is 3.50. The highest BCUT2D eigenvalue weighted by Gasteiger charge is 2.05. The minimum Gasteiger partial charge on any atom is -0.299 e. The van der Waals surface area contributed by atoms with E-state index < -0.39 is 0 Å². The molecule has 0 fully saturated rings. The molecular weight excluding hydrogens is 202 g/mol. The number of imide groups is 1. The van der Waals surface area contributed by atoms with Crippen LogP contribution in [0.25, 0.3) is 10.8 Å². The molecule has 1 N–H and O–H groups in total. The predicted molar refractivity (Wildman–Crippen MR) is 61.9 cm³/mol. The van der Waals surface area contributed by atoms with Crippen LogP contribution in [-0.4, -0.2) is 12.3 Å². The first-order chi connectivity index (χ1) is 7.81. The van der Waals surface area contributed by atoms with E-state index >= 15 is 0 Å². The van der Waals surface area contributed by atoms with Gasteiger partial charge in [0.05, 0.1) is 6.42 Å². The van der Waals surface area contributed by atoms with E-state index in [9.17, 15) is 9.59 Å². The SMILES string of the molecule is O=CNC(=O)Cc1cccc2ccccc12. The first kappa shape index (κ1) is 10.4. The van der Waals surface area contributed by atoms with E-state index in [-0.39, 0.29) is 12.3 Å². The zero-order chi connectivity index (χ0) is 11.4. The lowest BCUT2D eigenvalue weighted by molar-refractivity contribution is -0.124. The zero-order valence-corrected chi connectivity index (χ0v) is 8.64. The molecule has 0 heterocycles. The normalized spacial score (nSPS) is 10.0. The van der Waals surface area contributed by atoms with E-state index in [1.165, 1.54) is 0 Å². The lowest BCUT2D eigenvalue weighted by Gasteiger charge is -2.04. The molecule has 0 bridgehead atoms. The molecule has 0 saturated carbocycles. The van der Waals surface area contributed by atoms with Crippen molar-refractivity contribution in [2.45, 2.75) is 6.42 Å². The molecule has 2 aromatic carbocycles. The Balaban J connectivity index is 2.37. The average Bonchev–Trinajstić information content (AvgIpc) is 2.30. The van der Waals surface area contributed by atoms with Gasteiger partial charge in [-0.1, -0.05) is 42.5 Å². The van der Waals surface area contributed by atoms with Crippen molar-refractivity contribution in [3.05, 3.63) is 48.0 Å². The van der Waals surface area contributed by atoms with Crippen LogP contribution < -0.4 is 5.32 Å². The Morgan fingerprint density at radius 2 is 1.88 bits per heavy atom. The van der Waals surface area contributed by atoms with Crippen molar-refractivity contribution in [3.63, 3.8) is 0 Å². The predicted octanol–water partition coefficient (Wildman–Crippen LogP) is 1.65. The van der Waals surface area contributed by atoms with Crippen LogP contribution in [0.1, 0.15) is 5.56 Å². The Bertz CT molecular complexity index is 529. The molecule has 0 unspecified atom stereocenters. The van der Waals surface area contributed by atoms with Gasteiger partial charge in [0, 0.05) is 0 Å². The number of hydrogen-bond acceptors (Lipinski definition) is 2. The summed E-state index contributed by atoms with van der Waals surface area (Å²) in [6.45, 7) is 0. The van der Waals surface area contributed by atoms with Crippen LogP contribution in [0.2, 0.25) is 0 Å². The highest BCUT2D eigenvalue weighted by molar-refractivity contribution is 5.93. The molecule has 0 aromatic heterocycles. The lowest BCUT2D eigenvalue weighted by atomic mass is 10.0. The van der Waals surface area contributed by atoms with Crippen LogP contribution in [0.3, 0.4) is 0 Å². The van der Waals surface area contributed by atoms with E-state index in [2.05, 4.69) is 5.32 Å². The Labute approximate surface area is 93.1 Å². The zero-order valence-electron chi connectivity index (χ0n) is 8.64. The number of carbonyl (C=O) groups excluding carboxylic acids is 2. The van der Waals surface area contributed by atoms with E-state index in [1.807, 2.05) is 42.5 Å². The van der Waals surface area contributed by atoms with E-state index in [1.54, 1.807) is 0 Å². The number of amides is 2. The number of hydrogen-bond donors (Lipinski definition) is 1. The molecular formula is C13H11NO2. The third-order valence-electron chi connectivity index (χ3n) is 2.45. The fourth-order valence-corrected chi connectivity index (χ4v) is 1.74. The fourth-order valence-electron chi connectivity index (χ4n) is 1.74. The second-order valence-corrected chi connectivity index (χ2v) is 3.50. The van der Waals surface area contributed by atoms with Gasteiger partial charge in [-0.05, 0) is 16.3 Å². The highest BCUT2D eigenvalue weighted by atomic mass is 16.2. The first-order valence-electron chi connectivity index (χ1n) is 5.01.